The van der Waals surface area contributed by atoms with E-state index < -0.39 is 11.7 Å². The number of nitrogen functional groups attached to an aromatic ring is 1. The number of hydrazine groups is 1. The highest BCUT2D eigenvalue weighted by molar-refractivity contribution is 5.93. The van der Waals surface area contributed by atoms with E-state index in [1.807, 2.05) is 23.6 Å². The van der Waals surface area contributed by atoms with Crippen LogP contribution in [-0.2, 0) is 17.8 Å². The van der Waals surface area contributed by atoms with Crippen LogP contribution in [0, 0.1) is 5.82 Å². The van der Waals surface area contributed by atoms with Crippen LogP contribution in [0.3, 0.4) is 0 Å². The second-order valence-corrected chi connectivity index (χ2v) is 4.40. The summed E-state index contributed by atoms with van der Waals surface area (Å²) in [6, 6.07) is 9.66. The first-order chi connectivity index (χ1) is 10.2. The third-order valence-electron chi connectivity index (χ3n) is 2.93. The molecule has 0 aliphatic heterocycles. The van der Waals surface area contributed by atoms with Crippen molar-refractivity contribution in [1.82, 2.24) is 10.4 Å². The van der Waals surface area contributed by atoms with Crippen LogP contribution in [0.1, 0.15) is 21.6 Å². The lowest BCUT2D eigenvalue weighted by Crippen LogP contribution is -2.30. The van der Waals surface area contributed by atoms with Crippen molar-refractivity contribution in [3.8, 4) is 0 Å². The first-order valence-electron chi connectivity index (χ1n) is 6.47. The minimum Gasteiger partial charge on any atom is -0.376 e. The minimum absolute atomic E-state index is 0.0877. The van der Waals surface area contributed by atoms with Gasteiger partial charge in [-0.1, -0.05) is 6.07 Å². The maximum absolute atomic E-state index is 13.6. The third-order valence-corrected chi connectivity index (χ3v) is 2.93. The van der Waals surface area contributed by atoms with Gasteiger partial charge in [-0.2, -0.15) is 0 Å². The molecule has 0 unspecified atom stereocenters. The van der Waals surface area contributed by atoms with Gasteiger partial charge in [-0.3, -0.25) is 15.2 Å². The number of pyridine rings is 1. The van der Waals surface area contributed by atoms with Gasteiger partial charge in [0, 0.05) is 29.4 Å². The number of hydrogen-bond acceptors (Lipinski definition) is 4. The molecule has 0 spiro atoms. The monoisotopic (exact) mass is 289 g/mol. The topological polar surface area (TPSA) is 77.2 Å². The first kappa shape index (κ1) is 15.1. The van der Waals surface area contributed by atoms with Gasteiger partial charge in [0.25, 0.3) is 5.91 Å². The maximum atomic E-state index is 13.6. The fourth-order valence-electron chi connectivity index (χ4n) is 1.81. The van der Waals surface area contributed by atoms with E-state index in [-0.39, 0.29) is 6.61 Å². The van der Waals surface area contributed by atoms with Crippen molar-refractivity contribution < 1.29 is 13.9 Å². The lowest BCUT2D eigenvalue weighted by atomic mass is 10.1. The van der Waals surface area contributed by atoms with Gasteiger partial charge in [0.2, 0.25) is 0 Å². The normalized spacial score (nSPS) is 10.4. The Bertz CT molecular complexity index is 605. The highest BCUT2D eigenvalue weighted by atomic mass is 19.1. The molecule has 0 aliphatic carbocycles. The number of carbonyl (C=O) groups is 1. The second-order valence-electron chi connectivity index (χ2n) is 4.40. The number of nitrogens with one attached hydrogen (secondary N) is 1. The molecular formula is C15H16FN3O2. The molecule has 0 radical (unpaired) electrons. The zero-order chi connectivity index (χ0) is 15.1. The average molecular weight is 289 g/mol. The summed E-state index contributed by atoms with van der Waals surface area (Å²) >= 11 is 0. The number of nitrogens with two attached hydrogens (primary N) is 1. The molecule has 0 saturated carbocycles. The molecule has 1 aromatic carbocycles. The molecule has 21 heavy (non-hydrogen) atoms. The number of halogens is 1. The quantitative estimate of drug-likeness (QED) is 0.366. The van der Waals surface area contributed by atoms with E-state index in [1.54, 1.807) is 6.20 Å². The first-order valence-corrected chi connectivity index (χ1v) is 6.47. The summed E-state index contributed by atoms with van der Waals surface area (Å²) in [5.41, 5.74) is 3.53. The number of hydrogen-bond donors (Lipinski definition) is 2. The molecule has 2 aromatic rings. The van der Waals surface area contributed by atoms with E-state index in [2.05, 4.69) is 4.98 Å². The van der Waals surface area contributed by atoms with Crippen LogP contribution < -0.4 is 11.3 Å². The molecule has 1 heterocycles. The molecule has 0 saturated heterocycles. The van der Waals surface area contributed by atoms with Crippen molar-refractivity contribution >= 4 is 5.91 Å². The van der Waals surface area contributed by atoms with E-state index in [4.69, 9.17) is 10.6 Å². The maximum Gasteiger partial charge on any atom is 0.265 e. The Morgan fingerprint density at radius 3 is 2.90 bits per heavy atom. The number of aromatic nitrogens is 1. The van der Waals surface area contributed by atoms with Crippen molar-refractivity contribution in [2.75, 3.05) is 6.61 Å². The zero-order valence-corrected chi connectivity index (χ0v) is 11.4. The molecule has 3 N–H and O–H groups in total. The molecule has 0 fully saturated rings. The SMILES string of the molecule is NNC(=O)c1ccc(F)c(COCCc2ccccn2)c1. The van der Waals surface area contributed by atoms with Gasteiger partial charge < -0.3 is 4.74 Å². The second kappa shape index (κ2) is 7.47. The highest BCUT2D eigenvalue weighted by Crippen LogP contribution is 2.12. The van der Waals surface area contributed by atoms with Crippen LogP contribution >= 0.6 is 0 Å². The van der Waals surface area contributed by atoms with Crippen LogP contribution in [0.25, 0.3) is 0 Å². The van der Waals surface area contributed by atoms with Crippen LogP contribution in [0.15, 0.2) is 42.6 Å². The van der Waals surface area contributed by atoms with Crippen LogP contribution in [0.4, 0.5) is 4.39 Å². The van der Waals surface area contributed by atoms with Gasteiger partial charge in [0.15, 0.2) is 0 Å². The van der Waals surface area contributed by atoms with E-state index in [1.165, 1.54) is 18.2 Å². The Morgan fingerprint density at radius 1 is 1.33 bits per heavy atom. The van der Waals surface area contributed by atoms with Gasteiger partial charge in [0.1, 0.15) is 5.82 Å². The Hall–Kier alpha value is -2.31. The largest absolute Gasteiger partial charge is 0.376 e. The number of nitrogens with zero attached hydrogens (tertiary/aromatic N) is 1. The highest BCUT2D eigenvalue weighted by Gasteiger charge is 2.08. The molecule has 5 nitrogen and oxygen atoms in total. The summed E-state index contributed by atoms with van der Waals surface area (Å²) in [5, 5.41) is 0. The zero-order valence-electron chi connectivity index (χ0n) is 11.4. The lowest BCUT2D eigenvalue weighted by Gasteiger charge is -2.07. The Kier molecular flexibility index (Phi) is 5.36. The summed E-state index contributed by atoms with van der Waals surface area (Å²) in [7, 11) is 0. The molecule has 0 atom stereocenters. The van der Waals surface area contributed by atoms with Crippen molar-refractivity contribution in [2.45, 2.75) is 13.0 Å². The number of carbonyl (C=O) groups excluding carboxylic acids is 1. The van der Waals surface area contributed by atoms with Crippen molar-refractivity contribution in [3.05, 3.63) is 65.2 Å². The summed E-state index contributed by atoms with van der Waals surface area (Å²) in [6.07, 6.45) is 2.36. The van der Waals surface area contributed by atoms with Gasteiger partial charge >= 0.3 is 0 Å². The Labute approximate surface area is 121 Å². The summed E-state index contributed by atoms with van der Waals surface area (Å²) in [5.74, 6) is 4.16. The number of rotatable bonds is 6. The minimum atomic E-state index is -0.468. The van der Waals surface area contributed by atoms with E-state index in [0.717, 1.165) is 5.69 Å². The number of benzene rings is 1. The predicted molar refractivity (Wildman–Crippen MR) is 75.7 cm³/mol. The number of amides is 1. The average Bonchev–Trinajstić information content (AvgIpc) is 2.53. The van der Waals surface area contributed by atoms with E-state index in [0.29, 0.717) is 24.2 Å². The summed E-state index contributed by atoms with van der Waals surface area (Å²) in [6.45, 7) is 0.508. The molecular weight excluding hydrogens is 273 g/mol. The standard InChI is InChI=1S/C15H16FN3O2/c16-14-5-4-11(15(20)19-17)9-12(14)10-21-8-6-13-3-1-2-7-18-13/h1-5,7,9H,6,8,10,17H2,(H,19,20). The molecule has 1 aromatic heterocycles. The molecule has 2 rings (SSSR count). The van der Waals surface area contributed by atoms with Crippen LogP contribution in [0.5, 0.6) is 0 Å². The fourth-order valence-corrected chi connectivity index (χ4v) is 1.81. The Balaban J connectivity index is 1.89. The van der Waals surface area contributed by atoms with Crippen molar-refractivity contribution in [3.63, 3.8) is 0 Å². The van der Waals surface area contributed by atoms with Crippen molar-refractivity contribution in [1.29, 1.82) is 0 Å². The van der Waals surface area contributed by atoms with Gasteiger partial charge in [-0.15, -0.1) is 0 Å². The molecule has 1 amide bonds. The Morgan fingerprint density at radius 2 is 2.19 bits per heavy atom. The molecule has 0 aliphatic rings. The van der Waals surface area contributed by atoms with Crippen LogP contribution in [0.2, 0.25) is 0 Å². The van der Waals surface area contributed by atoms with Crippen LogP contribution in [-0.4, -0.2) is 17.5 Å². The number of ether oxygens (including phenoxy) is 1. The smallest absolute Gasteiger partial charge is 0.265 e. The van der Waals surface area contributed by atoms with Gasteiger partial charge in [-0.05, 0) is 30.3 Å². The molecule has 110 valence electrons. The molecule has 0 bridgehead atoms. The van der Waals surface area contributed by atoms with Gasteiger partial charge in [-0.25, -0.2) is 10.2 Å². The third kappa shape index (κ3) is 4.34. The van der Waals surface area contributed by atoms with Crippen molar-refractivity contribution in [2.24, 2.45) is 5.84 Å². The summed E-state index contributed by atoms with van der Waals surface area (Å²) < 4.78 is 19.1. The van der Waals surface area contributed by atoms with E-state index >= 15 is 0 Å². The molecule has 6 heteroatoms. The summed E-state index contributed by atoms with van der Waals surface area (Å²) in [4.78, 5) is 15.6. The van der Waals surface area contributed by atoms with Gasteiger partial charge in [0.05, 0.1) is 13.2 Å². The lowest BCUT2D eigenvalue weighted by molar-refractivity contribution is 0.0952. The fraction of sp³-hybridized carbons (Fsp3) is 0.200. The predicted octanol–water partition coefficient (Wildman–Crippen LogP) is 1.58. The van der Waals surface area contributed by atoms with E-state index in [9.17, 15) is 9.18 Å².